The molecule has 0 atom stereocenters. The van der Waals surface area contributed by atoms with E-state index in [9.17, 15) is 0 Å². The van der Waals surface area contributed by atoms with Crippen LogP contribution in [0, 0.1) is 17.3 Å². The summed E-state index contributed by atoms with van der Waals surface area (Å²) in [6.45, 7) is 17.2. The Labute approximate surface area is 121 Å². The monoisotopic (exact) mass is 268 g/mol. The van der Waals surface area contributed by atoms with E-state index in [1.54, 1.807) is 0 Å². The zero-order valence-corrected chi connectivity index (χ0v) is 14.1. The van der Waals surface area contributed by atoms with Gasteiger partial charge in [0, 0.05) is 18.6 Å². The molecule has 19 heavy (non-hydrogen) atoms. The van der Waals surface area contributed by atoms with Gasteiger partial charge in [-0.15, -0.1) is 0 Å². The maximum absolute atomic E-state index is 3.62. The summed E-state index contributed by atoms with van der Waals surface area (Å²) in [5, 5.41) is 7.14. The van der Waals surface area contributed by atoms with Crippen LogP contribution in [0.1, 0.15) is 67.2 Å². The molecule has 0 bridgehead atoms. The molecule has 0 aliphatic heterocycles. The molecule has 0 saturated heterocycles. The highest BCUT2D eigenvalue weighted by Gasteiger charge is 2.29. The maximum Gasteiger partial charge on any atom is 0.00970 e. The van der Waals surface area contributed by atoms with Gasteiger partial charge in [0.15, 0.2) is 0 Å². The SMILES string of the molecule is CC(C)(C)NCCNCC1CCC(C(C)(C)C)CC1. The van der Waals surface area contributed by atoms with Gasteiger partial charge >= 0.3 is 0 Å². The number of hydrogen-bond acceptors (Lipinski definition) is 2. The quantitative estimate of drug-likeness (QED) is 0.741. The lowest BCUT2D eigenvalue weighted by Crippen LogP contribution is -2.41. The molecule has 2 N–H and O–H groups in total. The van der Waals surface area contributed by atoms with Crippen LogP contribution in [0.5, 0.6) is 0 Å². The molecule has 2 heteroatoms. The van der Waals surface area contributed by atoms with Crippen LogP contribution in [0.25, 0.3) is 0 Å². The van der Waals surface area contributed by atoms with Gasteiger partial charge in [0.05, 0.1) is 0 Å². The Kier molecular flexibility index (Phi) is 6.32. The summed E-state index contributed by atoms with van der Waals surface area (Å²) < 4.78 is 0. The second-order valence-electron chi connectivity index (χ2n) is 8.46. The van der Waals surface area contributed by atoms with Crippen LogP contribution in [0.3, 0.4) is 0 Å². The lowest BCUT2D eigenvalue weighted by molar-refractivity contribution is 0.149. The molecule has 0 amide bonds. The average Bonchev–Trinajstić information content (AvgIpc) is 2.26. The van der Waals surface area contributed by atoms with Crippen LogP contribution >= 0.6 is 0 Å². The average molecular weight is 268 g/mol. The Hall–Kier alpha value is -0.0800. The first-order chi connectivity index (χ1) is 8.68. The van der Waals surface area contributed by atoms with Crippen LogP contribution in [0.2, 0.25) is 0 Å². The minimum absolute atomic E-state index is 0.243. The topological polar surface area (TPSA) is 24.1 Å². The Morgan fingerprint density at radius 3 is 1.89 bits per heavy atom. The van der Waals surface area contributed by atoms with Gasteiger partial charge in [-0.2, -0.15) is 0 Å². The predicted octanol–water partition coefficient (Wildman–Crippen LogP) is 3.82. The Morgan fingerprint density at radius 1 is 0.842 bits per heavy atom. The lowest BCUT2D eigenvalue weighted by Gasteiger charge is -2.37. The van der Waals surface area contributed by atoms with E-state index in [1.807, 2.05) is 0 Å². The number of hydrogen-bond donors (Lipinski definition) is 2. The van der Waals surface area contributed by atoms with Crippen molar-refractivity contribution in [1.29, 1.82) is 0 Å². The summed E-state index contributed by atoms with van der Waals surface area (Å²) in [5.41, 5.74) is 0.751. The molecule has 1 saturated carbocycles. The second-order valence-corrected chi connectivity index (χ2v) is 8.46. The number of rotatable bonds is 5. The van der Waals surface area contributed by atoms with Crippen molar-refractivity contribution in [3.63, 3.8) is 0 Å². The van der Waals surface area contributed by atoms with Crippen molar-refractivity contribution >= 4 is 0 Å². The molecule has 1 rings (SSSR count). The van der Waals surface area contributed by atoms with E-state index in [0.29, 0.717) is 5.41 Å². The van der Waals surface area contributed by atoms with Gasteiger partial charge in [-0.1, -0.05) is 20.8 Å². The van der Waals surface area contributed by atoms with E-state index in [2.05, 4.69) is 52.2 Å². The molecule has 2 nitrogen and oxygen atoms in total. The molecule has 0 spiro atoms. The summed E-state index contributed by atoms with van der Waals surface area (Å²) >= 11 is 0. The zero-order valence-electron chi connectivity index (χ0n) is 14.1. The van der Waals surface area contributed by atoms with Crippen LogP contribution in [-0.4, -0.2) is 25.2 Å². The molecule has 1 fully saturated rings. The van der Waals surface area contributed by atoms with Crippen LogP contribution in [-0.2, 0) is 0 Å². The molecule has 0 heterocycles. The fourth-order valence-corrected chi connectivity index (χ4v) is 3.06. The summed E-state index contributed by atoms with van der Waals surface area (Å²) in [4.78, 5) is 0. The minimum atomic E-state index is 0.243. The molecular weight excluding hydrogens is 232 g/mol. The van der Waals surface area contributed by atoms with Crippen molar-refractivity contribution in [1.82, 2.24) is 10.6 Å². The third kappa shape index (κ3) is 7.31. The highest BCUT2D eigenvalue weighted by Crippen LogP contribution is 2.39. The van der Waals surface area contributed by atoms with E-state index in [1.165, 1.54) is 32.2 Å². The molecule has 0 aromatic carbocycles. The van der Waals surface area contributed by atoms with E-state index >= 15 is 0 Å². The first kappa shape index (κ1) is 17.0. The maximum atomic E-state index is 3.62. The highest BCUT2D eigenvalue weighted by atomic mass is 15.0. The van der Waals surface area contributed by atoms with E-state index < -0.39 is 0 Å². The van der Waals surface area contributed by atoms with Crippen LogP contribution in [0.15, 0.2) is 0 Å². The second kappa shape index (κ2) is 7.08. The zero-order chi connectivity index (χ0) is 14.5. The molecule has 1 aliphatic carbocycles. The lowest BCUT2D eigenvalue weighted by atomic mass is 9.70. The largest absolute Gasteiger partial charge is 0.315 e. The molecule has 0 radical (unpaired) electrons. The standard InChI is InChI=1S/C17H36N2/c1-16(2,3)15-9-7-14(8-10-15)13-18-11-12-19-17(4,5)6/h14-15,18-19H,7-13H2,1-6H3. The van der Waals surface area contributed by atoms with Crippen molar-refractivity contribution in [3.05, 3.63) is 0 Å². The molecule has 0 unspecified atom stereocenters. The van der Waals surface area contributed by atoms with Crippen molar-refractivity contribution < 1.29 is 0 Å². The van der Waals surface area contributed by atoms with Crippen LogP contribution < -0.4 is 10.6 Å². The summed E-state index contributed by atoms with van der Waals surface area (Å²) in [7, 11) is 0. The van der Waals surface area contributed by atoms with Gasteiger partial charge < -0.3 is 10.6 Å². The van der Waals surface area contributed by atoms with Gasteiger partial charge in [-0.05, 0) is 70.3 Å². The van der Waals surface area contributed by atoms with Crippen molar-refractivity contribution in [3.8, 4) is 0 Å². The molecule has 0 aromatic heterocycles. The van der Waals surface area contributed by atoms with Gasteiger partial charge in [0.2, 0.25) is 0 Å². The van der Waals surface area contributed by atoms with Gasteiger partial charge in [0.25, 0.3) is 0 Å². The molecule has 1 aliphatic rings. The fraction of sp³-hybridized carbons (Fsp3) is 1.00. The highest BCUT2D eigenvalue weighted by molar-refractivity contribution is 4.81. The smallest absolute Gasteiger partial charge is 0.00970 e. The minimum Gasteiger partial charge on any atom is -0.315 e. The van der Waals surface area contributed by atoms with Gasteiger partial charge in [0.1, 0.15) is 0 Å². The predicted molar refractivity (Wildman–Crippen MR) is 85.5 cm³/mol. The summed E-state index contributed by atoms with van der Waals surface area (Å²) in [6.07, 6.45) is 5.69. The molecule has 0 aromatic rings. The molecule has 114 valence electrons. The third-order valence-electron chi connectivity index (χ3n) is 4.46. The fourth-order valence-electron chi connectivity index (χ4n) is 3.06. The third-order valence-corrected chi connectivity index (χ3v) is 4.46. The normalized spacial score (nSPS) is 25.6. The van der Waals surface area contributed by atoms with Crippen molar-refractivity contribution in [2.45, 2.75) is 72.8 Å². The van der Waals surface area contributed by atoms with E-state index in [-0.39, 0.29) is 5.54 Å². The van der Waals surface area contributed by atoms with E-state index in [4.69, 9.17) is 0 Å². The van der Waals surface area contributed by atoms with Crippen LogP contribution in [0.4, 0.5) is 0 Å². The first-order valence-electron chi connectivity index (χ1n) is 8.14. The van der Waals surface area contributed by atoms with E-state index in [0.717, 1.165) is 24.9 Å². The van der Waals surface area contributed by atoms with Crippen molar-refractivity contribution in [2.75, 3.05) is 19.6 Å². The Balaban J connectivity index is 2.07. The first-order valence-corrected chi connectivity index (χ1v) is 8.14. The van der Waals surface area contributed by atoms with Gasteiger partial charge in [-0.25, -0.2) is 0 Å². The summed E-state index contributed by atoms with van der Waals surface area (Å²) in [5.74, 6) is 1.85. The Morgan fingerprint density at radius 2 is 1.42 bits per heavy atom. The molecular formula is C17H36N2. The Bertz CT molecular complexity index is 239. The van der Waals surface area contributed by atoms with Crippen molar-refractivity contribution in [2.24, 2.45) is 17.3 Å². The number of nitrogens with one attached hydrogen (secondary N) is 2. The summed E-state index contributed by atoms with van der Waals surface area (Å²) in [6, 6.07) is 0. The van der Waals surface area contributed by atoms with Gasteiger partial charge in [-0.3, -0.25) is 0 Å².